The molecule has 0 aromatic heterocycles. The third-order valence-corrected chi connectivity index (χ3v) is 19.5. The molecule has 1 unspecified atom stereocenters. The van der Waals surface area contributed by atoms with Crippen molar-refractivity contribution in [3.63, 3.8) is 0 Å². The van der Waals surface area contributed by atoms with Crippen molar-refractivity contribution < 1.29 is 24.2 Å². The van der Waals surface area contributed by atoms with E-state index >= 15 is 0 Å². The van der Waals surface area contributed by atoms with Gasteiger partial charge in [0.1, 0.15) is 6.10 Å². The maximum absolute atomic E-state index is 14.6. The molecule has 8 rings (SSSR count). The van der Waals surface area contributed by atoms with Crippen molar-refractivity contribution in [2.45, 2.75) is 157 Å². The summed E-state index contributed by atoms with van der Waals surface area (Å²) in [6.07, 6.45) is 15.4. The summed E-state index contributed by atoms with van der Waals surface area (Å²) in [7, 11) is 0. The number of likely N-dealkylation sites (N-methyl/N-ethyl adjacent to an activating group) is 1. The number of carbonyl (C=O) groups excluding carboxylic acids is 2. The van der Waals surface area contributed by atoms with Crippen LogP contribution >= 0.6 is 0 Å². The highest BCUT2D eigenvalue weighted by Crippen LogP contribution is 2.77. The molecule has 2 aliphatic heterocycles. The van der Waals surface area contributed by atoms with Crippen molar-refractivity contribution in [1.82, 2.24) is 14.7 Å². The van der Waals surface area contributed by atoms with Crippen LogP contribution in [0.3, 0.4) is 0 Å². The van der Waals surface area contributed by atoms with Crippen molar-refractivity contribution in [3.05, 3.63) is 0 Å². The van der Waals surface area contributed by atoms with Crippen LogP contribution in [0.4, 0.5) is 0 Å². The molecule has 8 nitrogen and oxygen atoms in total. The largest absolute Gasteiger partial charge is 0.481 e. The second-order valence-corrected chi connectivity index (χ2v) is 22.5. The molecule has 1 amide bonds. The normalized spacial score (nSPS) is 43.8. The van der Waals surface area contributed by atoms with Crippen molar-refractivity contribution in [2.75, 3.05) is 45.8 Å². The van der Waals surface area contributed by atoms with Crippen LogP contribution in [0.5, 0.6) is 0 Å². The highest BCUT2D eigenvalue weighted by atomic mass is 16.5. The molecule has 0 aromatic carbocycles. The van der Waals surface area contributed by atoms with E-state index in [1.54, 1.807) is 13.8 Å². The Balaban J connectivity index is 0.958. The van der Waals surface area contributed by atoms with E-state index in [2.05, 4.69) is 56.2 Å². The average Bonchev–Trinajstić information content (AvgIpc) is 3.92. The van der Waals surface area contributed by atoms with E-state index in [-0.39, 0.29) is 46.1 Å². The van der Waals surface area contributed by atoms with E-state index in [4.69, 9.17) is 4.74 Å². The molecule has 1 N–H and O–H groups in total. The number of carboxylic acids is 1. The zero-order chi connectivity index (χ0) is 39.3. The van der Waals surface area contributed by atoms with E-state index in [1.807, 2.05) is 0 Å². The molecule has 0 spiro atoms. The number of rotatable bonds is 8. The fourth-order valence-electron chi connectivity index (χ4n) is 16.0. The second kappa shape index (κ2) is 14.3. The molecule has 11 atom stereocenters. The molecule has 8 fully saturated rings. The second-order valence-electron chi connectivity index (χ2n) is 22.5. The summed E-state index contributed by atoms with van der Waals surface area (Å²) in [4.78, 5) is 47.2. The van der Waals surface area contributed by atoms with E-state index in [9.17, 15) is 19.5 Å². The predicted octanol–water partition coefficient (Wildman–Crippen LogP) is 8.38. The number of esters is 1. The summed E-state index contributed by atoms with van der Waals surface area (Å²) in [5, 5.41) is 9.64. The number of amides is 1. The van der Waals surface area contributed by atoms with Crippen molar-refractivity contribution in [3.8, 4) is 0 Å². The van der Waals surface area contributed by atoms with Gasteiger partial charge in [-0.3, -0.25) is 19.3 Å². The fraction of sp³-hybridized carbons (Fsp3) is 0.936. The fourth-order valence-corrected chi connectivity index (χ4v) is 16.0. The lowest BCUT2D eigenvalue weighted by Gasteiger charge is -2.72. The molecule has 6 saturated carbocycles. The molecular weight excluding hydrogens is 687 g/mol. The topological polar surface area (TPSA) is 90.4 Å². The smallest absolute Gasteiger partial charge is 0.309 e. The zero-order valence-electron chi connectivity index (χ0n) is 36.0. The van der Waals surface area contributed by atoms with Gasteiger partial charge in [-0.25, -0.2) is 0 Å². The standard InChI is InChI=1S/C47H77N3O5/c1-9-48-24-26-49(27-25-48)31-17-22-50(23-18-31)41(52)34-28-33(30-10-11-30)40-32(34)14-20-46(7)35(40)12-13-37-45(6)19-16-38(55-39(51)29-43(2,3)42(53)54)44(4,5)36(45)15-21-47(37,46)8/h30-38,40H,9-29H2,1-8H3,(H,53,54)/t32?,33-,34+,35+,36-,37+,38-,40+,45-,46+,47+/m0/s1. The molecule has 6 aliphatic carbocycles. The van der Waals surface area contributed by atoms with Crippen LogP contribution < -0.4 is 0 Å². The number of hydrogen-bond donors (Lipinski definition) is 1. The van der Waals surface area contributed by atoms with Gasteiger partial charge in [0.2, 0.25) is 5.91 Å². The Morgan fingerprint density at radius 2 is 1.42 bits per heavy atom. The van der Waals surface area contributed by atoms with E-state index in [0.717, 1.165) is 63.6 Å². The third kappa shape index (κ3) is 6.54. The Labute approximate surface area is 333 Å². The molecule has 8 heteroatoms. The number of piperidine rings is 1. The molecule has 2 saturated heterocycles. The maximum Gasteiger partial charge on any atom is 0.309 e. The van der Waals surface area contributed by atoms with Crippen molar-refractivity contribution >= 4 is 17.8 Å². The highest BCUT2D eigenvalue weighted by molar-refractivity contribution is 5.81. The molecule has 0 bridgehead atoms. The Morgan fingerprint density at radius 3 is 2.05 bits per heavy atom. The lowest BCUT2D eigenvalue weighted by molar-refractivity contribution is -0.245. The first-order valence-corrected chi connectivity index (χ1v) is 23.1. The average molecular weight is 764 g/mol. The van der Waals surface area contributed by atoms with Crippen LogP contribution in [0.1, 0.15) is 145 Å². The van der Waals surface area contributed by atoms with Gasteiger partial charge in [-0.05, 0) is 162 Å². The highest BCUT2D eigenvalue weighted by Gasteiger charge is 2.70. The molecule has 310 valence electrons. The Kier molecular flexibility index (Phi) is 10.4. The number of carbonyl (C=O) groups is 3. The summed E-state index contributed by atoms with van der Waals surface area (Å²) in [6, 6.07) is 0.647. The molecular formula is C47H77N3O5. The molecule has 0 radical (unpaired) electrons. The molecule has 8 aliphatic rings. The van der Waals surface area contributed by atoms with E-state index in [0.29, 0.717) is 41.5 Å². The van der Waals surface area contributed by atoms with Crippen LogP contribution in [-0.2, 0) is 19.1 Å². The van der Waals surface area contributed by atoms with Crippen LogP contribution in [0.15, 0.2) is 0 Å². The summed E-state index contributed by atoms with van der Waals surface area (Å²) in [6.45, 7) is 26.0. The minimum Gasteiger partial charge on any atom is -0.481 e. The number of piperazine rings is 1. The minimum absolute atomic E-state index is 0.0940. The quantitative estimate of drug-likeness (QED) is 0.249. The van der Waals surface area contributed by atoms with Gasteiger partial charge in [0.15, 0.2) is 0 Å². The van der Waals surface area contributed by atoms with Crippen molar-refractivity contribution in [2.24, 2.45) is 74.4 Å². The maximum atomic E-state index is 14.6. The number of fused-ring (bicyclic) bond motifs is 7. The third-order valence-electron chi connectivity index (χ3n) is 19.5. The van der Waals surface area contributed by atoms with Gasteiger partial charge in [0, 0.05) is 56.6 Å². The first kappa shape index (κ1) is 40.1. The molecule has 55 heavy (non-hydrogen) atoms. The summed E-state index contributed by atoms with van der Waals surface area (Å²) in [5.41, 5.74) is -0.563. The van der Waals surface area contributed by atoms with Gasteiger partial charge in [0.05, 0.1) is 11.8 Å². The van der Waals surface area contributed by atoms with Crippen LogP contribution in [-0.4, -0.2) is 95.6 Å². The van der Waals surface area contributed by atoms with Crippen molar-refractivity contribution in [1.29, 1.82) is 0 Å². The van der Waals surface area contributed by atoms with Gasteiger partial charge in [0.25, 0.3) is 0 Å². The van der Waals surface area contributed by atoms with E-state index < -0.39 is 11.4 Å². The number of ether oxygens (including phenoxy) is 1. The van der Waals surface area contributed by atoms with Crippen LogP contribution in [0.2, 0.25) is 0 Å². The van der Waals surface area contributed by atoms with Gasteiger partial charge in [-0.1, -0.05) is 41.5 Å². The van der Waals surface area contributed by atoms with E-state index in [1.165, 1.54) is 77.5 Å². The number of hydrogen-bond acceptors (Lipinski definition) is 6. The van der Waals surface area contributed by atoms with Crippen LogP contribution in [0.25, 0.3) is 0 Å². The number of likely N-dealkylation sites (tertiary alicyclic amines) is 1. The predicted molar refractivity (Wildman–Crippen MR) is 216 cm³/mol. The van der Waals surface area contributed by atoms with Crippen LogP contribution in [0, 0.1) is 74.4 Å². The Bertz CT molecular complexity index is 1480. The monoisotopic (exact) mass is 764 g/mol. The molecule has 2 heterocycles. The number of carboxylic acid groups (broad SMARTS) is 1. The summed E-state index contributed by atoms with van der Waals surface area (Å²) in [5.74, 6) is 4.11. The SMILES string of the molecule is CCN1CCN(C2CCN(C(=O)[C@@H]3C[C@@H](C4CC4)[C@H]4C3CC[C@]3(C)[C@@H]4CC[C@@H]4[C@@]5(C)CC[C@H](OC(=O)CC(C)(C)C(=O)O)C(C)(C)[C@@H]5CC[C@]43C)CC2)CC1. The summed E-state index contributed by atoms with van der Waals surface area (Å²) >= 11 is 0. The van der Waals surface area contributed by atoms with Gasteiger partial charge < -0.3 is 19.6 Å². The zero-order valence-corrected chi connectivity index (χ0v) is 36.0. The first-order valence-electron chi connectivity index (χ1n) is 23.1. The Hall–Kier alpha value is -1.67. The molecule has 0 aromatic rings. The lowest BCUT2D eigenvalue weighted by atomic mass is 9.33. The summed E-state index contributed by atoms with van der Waals surface area (Å²) < 4.78 is 6.22. The van der Waals surface area contributed by atoms with Gasteiger partial charge >= 0.3 is 11.9 Å². The lowest BCUT2D eigenvalue weighted by Crippen LogP contribution is -2.66. The van der Waals surface area contributed by atoms with Gasteiger partial charge in [-0.2, -0.15) is 0 Å². The Morgan fingerprint density at radius 1 is 0.745 bits per heavy atom. The number of nitrogens with zero attached hydrogens (tertiary/aromatic N) is 3. The first-order chi connectivity index (χ1) is 25.9. The number of aliphatic carboxylic acids is 1. The minimum atomic E-state index is -1.13. The van der Waals surface area contributed by atoms with Gasteiger partial charge in [-0.15, -0.1) is 0 Å².